The van der Waals surface area contributed by atoms with Gasteiger partial charge in [0.1, 0.15) is 6.10 Å². The molecule has 0 saturated carbocycles. The molecule has 1 aromatic rings. The number of ether oxygens (including phenoxy) is 3. The highest BCUT2D eigenvalue weighted by Gasteiger charge is 2.33. The largest absolute Gasteiger partial charge is 0.493 e. The lowest BCUT2D eigenvalue weighted by molar-refractivity contribution is -0.143. The van der Waals surface area contributed by atoms with Crippen LogP contribution in [0.15, 0.2) is 18.2 Å². The summed E-state index contributed by atoms with van der Waals surface area (Å²) in [6.45, 7) is 6.09. The molecule has 7 heteroatoms. The number of amides is 1. The molecule has 27 heavy (non-hydrogen) atoms. The van der Waals surface area contributed by atoms with E-state index in [0.717, 1.165) is 31.4 Å². The molecule has 0 aromatic heterocycles. The van der Waals surface area contributed by atoms with Crippen LogP contribution in [0.4, 0.5) is 0 Å². The molecule has 1 aromatic carbocycles. The van der Waals surface area contributed by atoms with Crippen molar-refractivity contribution in [2.75, 3.05) is 33.9 Å². The van der Waals surface area contributed by atoms with Gasteiger partial charge in [0.05, 0.1) is 20.3 Å². The number of hydrogen-bond acceptors (Lipinski definition) is 5. The first-order valence-electron chi connectivity index (χ1n) is 9.33. The minimum absolute atomic E-state index is 0. The van der Waals surface area contributed by atoms with E-state index in [1.54, 1.807) is 14.2 Å². The summed E-state index contributed by atoms with van der Waals surface area (Å²) in [6, 6.07) is 5.87. The number of rotatable bonds is 9. The summed E-state index contributed by atoms with van der Waals surface area (Å²) in [5.41, 5.74) is 6.77. The van der Waals surface area contributed by atoms with Gasteiger partial charge in [0.25, 0.3) is 5.91 Å². The van der Waals surface area contributed by atoms with Crippen LogP contribution in [0.3, 0.4) is 0 Å². The Morgan fingerprint density at radius 3 is 2.52 bits per heavy atom. The summed E-state index contributed by atoms with van der Waals surface area (Å²) in [4.78, 5) is 14.8. The van der Waals surface area contributed by atoms with E-state index < -0.39 is 0 Å². The summed E-state index contributed by atoms with van der Waals surface area (Å²) in [6.07, 6.45) is 2.03. The number of carbonyl (C=O) groups is 1. The first-order chi connectivity index (χ1) is 12.5. The Labute approximate surface area is 168 Å². The Hall–Kier alpha value is -1.50. The third kappa shape index (κ3) is 6.55. The van der Waals surface area contributed by atoms with Crippen LogP contribution in [0.25, 0.3) is 0 Å². The van der Waals surface area contributed by atoms with Gasteiger partial charge in [-0.1, -0.05) is 19.9 Å². The van der Waals surface area contributed by atoms with Gasteiger partial charge in [0.15, 0.2) is 11.5 Å². The van der Waals surface area contributed by atoms with Crippen molar-refractivity contribution in [2.24, 2.45) is 11.7 Å². The third-order valence-corrected chi connectivity index (χ3v) is 4.66. The molecule has 6 nitrogen and oxygen atoms in total. The van der Waals surface area contributed by atoms with Crippen LogP contribution in [0.2, 0.25) is 0 Å². The van der Waals surface area contributed by atoms with Crippen LogP contribution in [-0.2, 0) is 16.0 Å². The molecule has 1 aliphatic heterocycles. The van der Waals surface area contributed by atoms with E-state index in [-0.39, 0.29) is 30.5 Å². The maximum absolute atomic E-state index is 12.9. The highest BCUT2D eigenvalue weighted by atomic mass is 35.5. The summed E-state index contributed by atoms with van der Waals surface area (Å²) in [5.74, 6) is 1.89. The van der Waals surface area contributed by atoms with Crippen LogP contribution in [0.5, 0.6) is 11.5 Å². The highest BCUT2D eigenvalue weighted by Crippen LogP contribution is 2.28. The Morgan fingerprint density at radius 1 is 1.26 bits per heavy atom. The lowest BCUT2D eigenvalue weighted by atomic mass is 10.1. The Balaban J connectivity index is 0.00000364. The average Bonchev–Trinajstić information content (AvgIpc) is 3.13. The topological polar surface area (TPSA) is 74.0 Å². The molecule has 2 atom stereocenters. The fourth-order valence-electron chi connectivity index (χ4n) is 3.30. The molecule has 2 N–H and O–H groups in total. The fourth-order valence-corrected chi connectivity index (χ4v) is 3.30. The number of benzene rings is 1. The first-order valence-corrected chi connectivity index (χ1v) is 9.33. The van der Waals surface area contributed by atoms with Crippen molar-refractivity contribution in [3.05, 3.63) is 23.8 Å². The first kappa shape index (κ1) is 23.5. The van der Waals surface area contributed by atoms with Crippen molar-refractivity contribution in [3.63, 3.8) is 0 Å². The van der Waals surface area contributed by atoms with Gasteiger partial charge in [0, 0.05) is 19.6 Å². The van der Waals surface area contributed by atoms with E-state index in [4.69, 9.17) is 19.9 Å². The minimum Gasteiger partial charge on any atom is -0.493 e. The van der Waals surface area contributed by atoms with E-state index in [0.29, 0.717) is 30.5 Å². The Morgan fingerprint density at radius 2 is 1.96 bits per heavy atom. The number of methoxy groups -OCH3 is 2. The smallest absolute Gasteiger partial charge is 0.251 e. The SMILES string of the molecule is COc1ccc(CCN(CC(C)C)C(=O)[C@@H]2CC[C@H](CN)O2)cc1OC.Cl. The number of carbonyl (C=O) groups excluding carboxylic acids is 1. The third-order valence-electron chi connectivity index (χ3n) is 4.66. The monoisotopic (exact) mass is 400 g/mol. The molecule has 1 aliphatic rings. The second-order valence-corrected chi connectivity index (χ2v) is 7.18. The maximum atomic E-state index is 12.9. The second kappa shape index (κ2) is 11.4. The standard InChI is InChI=1S/C20H32N2O4.ClH/c1-14(2)13-22(20(23)18-8-6-16(12-21)26-18)10-9-15-5-7-17(24-3)19(11-15)25-4;/h5,7,11,14,16,18H,6,8-10,12-13,21H2,1-4H3;1H/t16-,18+;/m1./s1. The summed E-state index contributed by atoms with van der Waals surface area (Å²) < 4.78 is 16.4. The minimum atomic E-state index is -0.354. The molecule has 0 aliphatic carbocycles. The van der Waals surface area contributed by atoms with Crippen molar-refractivity contribution in [2.45, 2.75) is 45.3 Å². The highest BCUT2D eigenvalue weighted by molar-refractivity contribution is 5.85. The zero-order chi connectivity index (χ0) is 19.1. The molecule has 1 fully saturated rings. The van der Waals surface area contributed by atoms with Crippen molar-refractivity contribution in [1.82, 2.24) is 4.90 Å². The van der Waals surface area contributed by atoms with Gasteiger partial charge in [-0.05, 0) is 42.9 Å². The molecule has 0 bridgehead atoms. The van der Waals surface area contributed by atoms with E-state index in [1.807, 2.05) is 23.1 Å². The van der Waals surface area contributed by atoms with Gasteiger partial charge < -0.3 is 24.8 Å². The molecular weight excluding hydrogens is 368 g/mol. The molecule has 0 unspecified atom stereocenters. The zero-order valence-corrected chi connectivity index (χ0v) is 17.6. The number of hydrogen-bond donors (Lipinski definition) is 1. The quantitative estimate of drug-likeness (QED) is 0.689. The van der Waals surface area contributed by atoms with Gasteiger partial charge in [-0.15, -0.1) is 12.4 Å². The predicted octanol–water partition coefficient (Wildman–Crippen LogP) is 2.66. The van der Waals surface area contributed by atoms with Gasteiger partial charge in [-0.2, -0.15) is 0 Å². The molecular formula is C20H33ClN2O4. The molecule has 1 heterocycles. The van der Waals surface area contributed by atoms with E-state index in [2.05, 4.69) is 13.8 Å². The summed E-state index contributed by atoms with van der Waals surface area (Å²) >= 11 is 0. The Kier molecular flexibility index (Phi) is 9.91. The van der Waals surface area contributed by atoms with Gasteiger partial charge in [-0.25, -0.2) is 0 Å². The predicted molar refractivity (Wildman–Crippen MR) is 109 cm³/mol. The van der Waals surface area contributed by atoms with Gasteiger partial charge in [0.2, 0.25) is 0 Å². The summed E-state index contributed by atoms with van der Waals surface area (Å²) in [7, 11) is 3.25. The lowest BCUT2D eigenvalue weighted by Gasteiger charge is -2.27. The summed E-state index contributed by atoms with van der Waals surface area (Å²) in [5, 5.41) is 0. The van der Waals surface area contributed by atoms with Crippen molar-refractivity contribution in [3.8, 4) is 11.5 Å². The van der Waals surface area contributed by atoms with Crippen LogP contribution >= 0.6 is 12.4 Å². The average molecular weight is 401 g/mol. The fraction of sp³-hybridized carbons (Fsp3) is 0.650. The number of nitrogens with two attached hydrogens (primary N) is 1. The van der Waals surface area contributed by atoms with Gasteiger partial charge in [-0.3, -0.25) is 4.79 Å². The van der Waals surface area contributed by atoms with Crippen LogP contribution < -0.4 is 15.2 Å². The number of halogens is 1. The number of nitrogens with zero attached hydrogens (tertiary/aromatic N) is 1. The van der Waals surface area contributed by atoms with Crippen LogP contribution in [0, 0.1) is 5.92 Å². The maximum Gasteiger partial charge on any atom is 0.251 e. The normalized spacial score (nSPS) is 18.9. The van der Waals surface area contributed by atoms with E-state index in [1.165, 1.54) is 0 Å². The molecule has 2 rings (SSSR count). The zero-order valence-electron chi connectivity index (χ0n) is 16.8. The molecule has 1 saturated heterocycles. The van der Waals surface area contributed by atoms with Crippen molar-refractivity contribution in [1.29, 1.82) is 0 Å². The second-order valence-electron chi connectivity index (χ2n) is 7.18. The Bertz CT molecular complexity index is 597. The van der Waals surface area contributed by atoms with E-state index >= 15 is 0 Å². The molecule has 1 amide bonds. The van der Waals surface area contributed by atoms with Crippen LogP contribution in [-0.4, -0.2) is 56.9 Å². The van der Waals surface area contributed by atoms with Crippen LogP contribution in [0.1, 0.15) is 32.3 Å². The molecule has 154 valence electrons. The van der Waals surface area contributed by atoms with Gasteiger partial charge >= 0.3 is 0 Å². The van der Waals surface area contributed by atoms with Crippen molar-refractivity contribution >= 4 is 18.3 Å². The molecule has 0 radical (unpaired) electrons. The lowest BCUT2D eigenvalue weighted by Crippen LogP contribution is -2.42. The molecule has 0 spiro atoms. The van der Waals surface area contributed by atoms with E-state index in [9.17, 15) is 4.79 Å². The van der Waals surface area contributed by atoms with Crippen molar-refractivity contribution < 1.29 is 19.0 Å².